The summed E-state index contributed by atoms with van der Waals surface area (Å²) in [5, 5.41) is 16.3. The maximum atomic E-state index is 14.1. The Labute approximate surface area is 302 Å². The first-order chi connectivity index (χ1) is 25.2. The van der Waals surface area contributed by atoms with Crippen molar-refractivity contribution in [1.82, 2.24) is 34.8 Å². The summed E-state index contributed by atoms with van der Waals surface area (Å²) in [7, 11) is 1.89. The van der Waals surface area contributed by atoms with Gasteiger partial charge in [0.2, 0.25) is 0 Å². The van der Waals surface area contributed by atoms with E-state index in [-0.39, 0.29) is 29.7 Å². The molecule has 4 aliphatic rings. The Kier molecular flexibility index (Phi) is 11.8. The summed E-state index contributed by atoms with van der Waals surface area (Å²) in [6.07, 6.45) is 10.9. The van der Waals surface area contributed by atoms with Crippen LogP contribution in [0.4, 0.5) is 20.3 Å². The van der Waals surface area contributed by atoms with Gasteiger partial charge in [0.15, 0.2) is 18.1 Å². The molecule has 4 heterocycles. The molecular weight excluding hydrogens is 676 g/mol. The Balaban J connectivity index is 0.815. The first-order valence-corrected chi connectivity index (χ1v) is 18.6. The van der Waals surface area contributed by atoms with Crippen LogP contribution in [0.1, 0.15) is 80.4 Å². The minimum Gasteiger partial charge on any atom is -0.377 e. The van der Waals surface area contributed by atoms with E-state index in [1.165, 1.54) is 23.3 Å². The minimum absolute atomic E-state index is 0.00502. The number of piperazine rings is 1. The quantitative estimate of drug-likeness (QED) is 0.0874. The van der Waals surface area contributed by atoms with Crippen molar-refractivity contribution < 1.29 is 32.6 Å². The highest BCUT2D eigenvalue weighted by atomic mass is 19.3. The first kappa shape index (κ1) is 36.8. The molecule has 16 heteroatoms. The van der Waals surface area contributed by atoms with Crippen LogP contribution in [0.3, 0.4) is 0 Å². The molecule has 1 aliphatic heterocycles. The number of rotatable bonds is 17. The van der Waals surface area contributed by atoms with Gasteiger partial charge in [-0.2, -0.15) is 15.3 Å². The van der Waals surface area contributed by atoms with Crippen molar-refractivity contribution in [3.8, 4) is 0 Å². The number of amides is 1. The van der Waals surface area contributed by atoms with E-state index in [2.05, 4.69) is 43.7 Å². The predicted octanol–water partition coefficient (Wildman–Crippen LogP) is 4.63. The molecule has 52 heavy (non-hydrogen) atoms. The molecule has 1 amide bonds. The van der Waals surface area contributed by atoms with Crippen molar-refractivity contribution in [1.29, 1.82) is 0 Å². The fourth-order valence-electron chi connectivity index (χ4n) is 7.64. The van der Waals surface area contributed by atoms with Crippen LogP contribution in [0.5, 0.6) is 0 Å². The zero-order valence-electron chi connectivity index (χ0n) is 30.1. The highest BCUT2D eigenvalue weighted by molar-refractivity contribution is 6.08. The largest absolute Gasteiger partial charge is 0.377 e. The lowest BCUT2D eigenvalue weighted by Crippen LogP contribution is -2.43. The number of carbonyl (C=O) groups is 1. The summed E-state index contributed by atoms with van der Waals surface area (Å²) < 4.78 is 48.7. The highest BCUT2D eigenvalue weighted by Crippen LogP contribution is 2.49. The van der Waals surface area contributed by atoms with E-state index < -0.39 is 18.0 Å². The van der Waals surface area contributed by atoms with Crippen LogP contribution in [0.25, 0.3) is 5.65 Å². The van der Waals surface area contributed by atoms with E-state index in [4.69, 9.17) is 19.0 Å². The molecule has 3 aromatic heterocycles. The summed E-state index contributed by atoms with van der Waals surface area (Å²) in [5.41, 5.74) is 1.66. The van der Waals surface area contributed by atoms with Gasteiger partial charge >= 0.3 is 0 Å². The lowest BCUT2D eigenvalue weighted by atomic mass is 9.86. The van der Waals surface area contributed by atoms with Gasteiger partial charge in [-0.25, -0.2) is 18.3 Å². The van der Waals surface area contributed by atoms with Crippen molar-refractivity contribution in [3.63, 3.8) is 0 Å². The monoisotopic (exact) mass is 727 g/mol. The summed E-state index contributed by atoms with van der Waals surface area (Å²) in [6, 6.07) is 1.81. The highest BCUT2D eigenvalue weighted by Gasteiger charge is 2.41. The summed E-state index contributed by atoms with van der Waals surface area (Å²) in [5.74, 6) is 1.31. The zero-order valence-corrected chi connectivity index (χ0v) is 30.1. The number of hydroxylamine groups is 2. The number of hydrogen-bond donors (Lipinski definition) is 2. The van der Waals surface area contributed by atoms with Crippen LogP contribution in [0, 0.1) is 11.8 Å². The molecule has 0 radical (unpaired) electrons. The minimum atomic E-state index is -2.85. The molecular formula is C36H51F2N9O5. The molecule has 3 fully saturated rings. The third kappa shape index (κ3) is 9.15. The van der Waals surface area contributed by atoms with Gasteiger partial charge in [-0.3, -0.25) is 14.3 Å². The molecule has 14 nitrogen and oxygen atoms in total. The second kappa shape index (κ2) is 16.6. The smallest absolute Gasteiger partial charge is 0.284 e. The van der Waals surface area contributed by atoms with Gasteiger partial charge in [0.05, 0.1) is 50.0 Å². The van der Waals surface area contributed by atoms with Gasteiger partial charge in [0.25, 0.3) is 12.3 Å². The van der Waals surface area contributed by atoms with Crippen molar-refractivity contribution in [2.45, 2.75) is 69.9 Å². The average molecular weight is 728 g/mol. The van der Waals surface area contributed by atoms with Crippen LogP contribution in [0.15, 0.2) is 36.3 Å². The van der Waals surface area contributed by atoms with Gasteiger partial charge in [-0.15, -0.1) is 0 Å². The molecule has 2 saturated carbocycles. The SMILES string of the molecule is CN(CC1CCC(n2cc(NC(=O)c3cnn4ccc(N5CCNCC5)nc34)c(C(F)F)n2)CC1)OCOCCOCCOC1(C)CC=C2CC2C1. The van der Waals surface area contributed by atoms with Gasteiger partial charge in [0, 0.05) is 52.2 Å². The fraction of sp³-hybridized carbons (Fsp3) is 0.667. The van der Waals surface area contributed by atoms with Crippen molar-refractivity contribution >= 4 is 23.1 Å². The number of hydrogen-bond acceptors (Lipinski definition) is 11. The standard InChI is InChI=1S/C36H51F2N9O5/c1-36(9-7-26-19-27(26)20-36)51-18-17-49-15-16-50-24-52-44(2)22-25-3-5-28(6-4-25)47-23-30(32(43-47)33(37)38)41-35(48)29-21-40-46-12-8-31(42-34(29)46)45-13-10-39-11-14-45/h7-8,12,21,23,25,27-28,33,39H,3-6,9-11,13-20,22,24H2,1-2H3,(H,41,48). The number of allylic oxidation sites excluding steroid dienone is 1. The van der Waals surface area contributed by atoms with Crippen LogP contribution in [-0.4, -0.2) is 114 Å². The van der Waals surface area contributed by atoms with Crippen LogP contribution in [-0.2, 0) is 19.0 Å². The molecule has 1 saturated heterocycles. The maximum Gasteiger partial charge on any atom is 0.284 e. The number of nitrogens with one attached hydrogen (secondary N) is 2. The molecule has 7 rings (SSSR count). The number of alkyl halides is 2. The average Bonchev–Trinajstić information content (AvgIpc) is 3.56. The predicted molar refractivity (Wildman–Crippen MR) is 189 cm³/mol. The molecule has 0 aromatic carbocycles. The van der Waals surface area contributed by atoms with E-state index in [1.807, 2.05) is 13.1 Å². The Morgan fingerprint density at radius 2 is 1.92 bits per heavy atom. The van der Waals surface area contributed by atoms with Gasteiger partial charge in [0.1, 0.15) is 11.4 Å². The number of nitrogens with zero attached hydrogens (tertiary/aromatic N) is 7. The lowest BCUT2D eigenvalue weighted by Gasteiger charge is -2.31. The Hall–Kier alpha value is -3.54. The van der Waals surface area contributed by atoms with E-state index in [1.54, 1.807) is 21.5 Å². The fourth-order valence-corrected chi connectivity index (χ4v) is 7.64. The third-order valence-electron chi connectivity index (χ3n) is 10.7. The summed E-state index contributed by atoms with van der Waals surface area (Å²) in [4.78, 5) is 25.9. The maximum absolute atomic E-state index is 14.1. The number of halogens is 2. The molecule has 0 spiro atoms. The van der Waals surface area contributed by atoms with Crippen LogP contribution < -0.4 is 15.5 Å². The van der Waals surface area contributed by atoms with Crippen molar-refractivity contribution in [3.05, 3.63) is 47.6 Å². The number of carbonyl (C=O) groups excluding carboxylic acids is 1. The van der Waals surface area contributed by atoms with Crippen molar-refractivity contribution in [2.75, 3.05) is 83.2 Å². The van der Waals surface area contributed by atoms with E-state index in [9.17, 15) is 13.6 Å². The normalized spacial score (nSPS) is 24.8. The number of fused-ring (bicyclic) bond motifs is 2. The number of aromatic nitrogens is 5. The van der Waals surface area contributed by atoms with Crippen LogP contribution >= 0.6 is 0 Å². The van der Waals surface area contributed by atoms with Crippen LogP contribution in [0.2, 0.25) is 0 Å². The second-order valence-corrected chi connectivity index (χ2v) is 14.7. The van der Waals surface area contributed by atoms with Crippen molar-refractivity contribution in [2.24, 2.45) is 11.8 Å². The summed E-state index contributed by atoms with van der Waals surface area (Å²) in [6.45, 7) is 8.37. The van der Waals surface area contributed by atoms with E-state index >= 15 is 0 Å². The van der Waals surface area contributed by atoms with E-state index in [0.29, 0.717) is 38.0 Å². The van der Waals surface area contributed by atoms with Gasteiger partial charge in [-0.05, 0) is 69.8 Å². The third-order valence-corrected chi connectivity index (χ3v) is 10.7. The second-order valence-electron chi connectivity index (χ2n) is 14.7. The Morgan fingerprint density at radius 1 is 1.13 bits per heavy atom. The van der Waals surface area contributed by atoms with E-state index in [0.717, 1.165) is 83.0 Å². The Bertz CT molecular complexity index is 1690. The molecule has 3 aliphatic carbocycles. The molecule has 284 valence electrons. The Morgan fingerprint density at radius 3 is 2.71 bits per heavy atom. The first-order valence-electron chi connectivity index (χ1n) is 18.6. The molecule has 3 aromatic rings. The molecule has 0 bridgehead atoms. The van der Waals surface area contributed by atoms with Gasteiger partial charge in [-0.1, -0.05) is 11.6 Å². The molecule has 2 atom stereocenters. The zero-order chi connectivity index (χ0) is 36.1. The number of ether oxygens (including phenoxy) is 3. The molecule has 2 unspecified atom stereocenters. The number of anilines is 2. The van der Waals surface area contributed by atoms with Gasteiger partial charge < -0.3 is 29.7 Å². The topological polar surface area (TPSA) is 133 Å². The molecule has 2 N–H and O–H groups in total. The lowest BCUT2D eigenvalue weighted by molar-refractivity contribution is -0.219. The summed E-state index contributed by atoms with van der Waals surface area (Å²) >= 11 is 0.